The van der Waals surface area contributed by atoms with E-state index in [1.165, 1.54) is 38.5 Å². The summed E-state index contributed by atoms with van der Waals surface area (Å²) >= 11 is 0. The van der Waals surface area contributed by atoms with Gasteiger partial charge in [-0.15, -0.1) is 0 Å². The van der Waals surface area contributed by atoms with Crippen molar-refractivity contribution in [3.05, 3.63) is 60.7 Å². The van der Waals surface area contributed by atoms with Crippen LogP contribution in [0.4, 0.5) is 0 Å². The molecule has 0 saturated carbocycles. The van der Waals surface area contributed by atoms with Crippen molar-refractivity contribution in [1.82, 2.24) is 0 Å². The van der Waals surface area contributed by atoms with E-state index in [1.807, 2.05) is 36.4 Å². The second-order valence-electron chi connectivity index (χ2n) is 6.61. The van der Waals surface area contributed by atoms with Crippen LogP contribution in [-0.2, 0) is 4.52 Å². The molecule has 0 aromatic heterocycles. The molecule has 0 saturated heterocycles. The smallest absolute Gasteiger partial charge is 0.418 e. The maximum absolute atomic E-state index is 9.58. The van der Waals surface area contributed by atoms with Crippen LogP contribution in [0.1, 0.15) is 58.3 Å². The number of para-hydroxylation sites is 2. The van der Waals surface area contributed by atoms with Crippen molar-refractivity contribution in [2.75, 3.05) is 6.61 Å². The van der Waals surface area contributed by atoms with Crippen molar-refractivity contribution < 1.29 is 28.3 Å². The van der Waals surface area contributed by atoms with Crippen LogP contribution in [0.15, 0.2) is 60.7 Å². The zero-order chi connectivity index (χ0) is 21.9. The monoisotopic (exact) mass is 456 g/mol. The molecular weight excluding hydrogens is 422 g/mol. The summed E-state index contributed by atoms with van der Waals surface area (Å²) in [7, 11) is -4.07. The fourth-order valence-corrected chi connectivity index (χ4v) is 3.48. The number of rotatable bonds is 14. The van der Waals surface area contributed by atoms with Crippen LogP contribution in [0.3, 0.4) is 0 Å². The SMILES string of the molecule is CCCCCCCCCCOP(O)O.OP(Oc1ccccc1)Oc1ccccc1. The lowest BCUT2D eigenvalue weighted by molar-refractivity contribution is 0.248. The Balaban J connectivity index is 0.000000304. The molecule has 30 heavy (non-hydrogen) atoms. The highest BCUT2D eigenvalue weighted by molar-refractivity contribution is 7.41. The summed E-state index contributed by atoms with van der Waals surface area (Å²) in [5.41, 5.74) is 0. The maximum atomic E-state index is 9.58. The van der Waals surface area contributed by atoms with Gasteiger partial charge in [0.25, 0.3) is 0 Å². The lowest BCUT2D eigenvalue weighted by Gasteiger charge is -2.11. The molecule has 0 aliphatic heterocycles. The average Bonchev–Trinajstić information content (AvgIpc) is 2.74. The minimum atomic E-state index is -2.13. The van der Waals surface area contributed by atoms with Crippen molar-refractivity contribution in [3.63, 3.8) is 0 Å². The molecule has 0 fully saturated rings. The number of benzene rings is 2. The van der Waals surface area contributed by atoms with Crippen molar-refractivity contribution >= 4 is 17.2 Å². The van der Waals surface area contributed by atoms with Gasteiger partial charge in [0.1, 0.15) is 11.5 Å². The summed E-state index contributed by atoms with van der Waals surface area (Å²) in [4.78, 5) is 26.5. The van der Waals surface area contributed by atoms with E-state index in [0.29, 0.717) is 18.1 Å². The molecule has 0 aliphatic carbocycles. The van der Waals surface area contributed by atoms with Gasteiger partial charge in [-0.3, -0.25) is 0 Å². The van der Waals surface area contributed by atoms with Crippen molar-refractivity contribution in [1.29, 1.82) is 0 Å². The zero-order valence-corrected chi connectivity index (χ0v) is 19.4. The van der Waals surface area contributed by atoms with Gasteiger partial charge in [0.15, 0.2) is 0 Å². The molecular formula is C22H34O6P2. The Morgan fingerprint density at radius 2 is 1.07 bits per heavy atom. The quantitative estimate of drug-likeness (QED) is 0.216. The summed E-state index contributed by atoms with van der Waals surface area (Å²) in [5, 5.41) is 0. The first kappa shape index (κ1) is 26.8. The number of unbranched alkanes of at least 4 members (excludes halogenated alkanes) is 7. The first-order valence-corrected chi connectivity index (χ1v) is 12.7. The number of hydrogen-bond acceptors (Lipinski definition) is 6. The molecule has 2 aromatic carbocycles. The zero-order valence-electron chi connectivity index (χ0n) is 17.6. The Labute approximate surface area is 182 Å². The highest BCUT2D eigenvalue weighted by Crippen LogP contribution is 2.35. The minimum absolute atomic E-state index is 0.480. The number of hydrogen-bond donors (Lipinski definition) is 3. The standard InChI is InChI=1S/C12H11O3P.C10H23O3P/c13-16(14-11-7-3-1-4-8-11)15-12-9-5-2-6-10-12;1-2-3-4-5-6-7-8-9-10-13-14(11)12/h1-10,13H;11-12H,2-10H2,1H3. The topological polar surface area (TPSA) is 88.4 Å². The summed E-state index contributed by atoms with van der Waals surface area (Å²) in [5.74, 6) is 1.18. The van der Waals surface area contributed by atoms with Crippen LogP contribution in [0.5, 0.6) is 11.5 Å². The summed E-state index contributed by atoms with van der Waals surface area (Å²) in [6, 6.07) is 18.2. The summed E-state index contributed by atoms with van der Waals surface area (Å²) in [6.07, 6.45) is 9.94. The van der Waals surface area contributed by atoms with Gasteiger partial charge in [-0.2, -0.15) is 0 Å². The Bertz CT molecular complexity index is 574. The summed E-state index contributed by atoms with van der Waals surface area (Å²) in [6.45, 7) is 2.70. The lowest BCUT2D eigenvalue weighted by Crippen LogP contribution is -1.93. The molecule has 0 heterocycles. The first-order valence-electron chi connectivity index (χ1n) is 10.4. The Morgan fingerprint density at radius 3 is 1.50 bits per heavy atom. The third-order valence-electron chi connectivity index (χ3n) is 4.06. The van der Waals surface area contributed by atoms with Crippen LogP contribution >= 0.6 is 17.2 Å². The predicted molar refractivity (Wildman–Crippen MR) is 123 cm³/mol. The Hall–Kier alpha value is -1.26. The fraction of sp³-hybridized carbons (Fsp3) is 0.455. The van der Waals surface area contributed by atoms with Crippen molar-refractivity contribution in [2.24, 2.45) is 0 Å². The highest BCUT2D eigenvalue weighted by atomic mass is 31.2. The van der Waals surface area contributed by atoms with Crippen LogP contribution in [0, 0.1) is 0 Å². The van der Waals surface area contributed by atoms with Gasteiger partial charge in [0.2, 0.25) is 0 Å². The molecule has 2 aromatic rings. The minimum Gasteiger partial charge on any atom is -0.418 e. The van der Waals surface area contributed by atoms with E-state index < -0.39 is 17.2 Å². The average molecular weight is 456 g/mol. The molecule has 0 aliphatic rings. The molecule has 0 spiro atoms. The second kappa shape index (κ2) is 18.5. The normalized spacial score (nSPS) is 10.6. The van der Waals surface area contributed by atoms with Crippen LogP contribution in [0.25, 0.3) is 0 Å². The second-order valence-corrected chi connectivity index (χ2v) is 8.21. The van der Waals surface area contributed by atoms with Gasteiger partial charge >= 0.3 is 17.2 Å². The molecule has 0 atom stereocenters. The maximum Gasteiger partial charge on any atom is 0.460 e. The van der Waals surface area contributed by atoms with E-state index >= 15 is 0 Å². The van der Waals surface area contributed by atoms with E-state index in [9.17, 15) is 4.89 Å². The molecule has 168 valence electrons. The molecule has 0 radical (unpaired) electrons. The highest BCUT2D eigenvalue weighted by Gasteiger charge is 2.10. The first-order chi connectivity index (χ1) is 14.6. The molecule has 3 N–H and O–H groups in total. The molecule has 6 nitrogen and oxygen atoms in total. The third kappa shape index (κ3) is 15.6. The van der Waals surface area contributed by atoms with E-state index in [2.05, 4.69) is 11.4 Å². The largest absolute Gasteiger partial charge is 0.460 e. The fourth-order valence-electron chi connectivity index (χ4n) is 2.54. The van der Waals surface area contributed by atoms with Gasteiger partial charge < -0.3 is 28.3 Å². The van der Waals surface area contributed by atoms with E-state index in [-0.39, 0.29) is 0 Å². The van der Waals surface area contributed by atoms with Crippen LogP contribution < -0.4 is 9.05 Å². The lowest BCUT2D eigenvalue weighted by atomic mass is 10.1. The molecule has 0 bridgehead atoms. The van der Waals surface area contributed by atoms with Gasteiger partial charge in [0, 0.05) is 0 Å². The molecule has 2 rings (SSSR count). The predicted octanol–water partition coefficient (Wildman–Crippen LogP) is 6.72. The van der Waals surface area contributed by atoms with Gasteiger partial charge in [-0.25, -0.2) is 0 Å². The van der Waals surface area contributed by atoms with Gasteiger partial charge in [-0.05, 0) is 30.7 Å². The Kier molecular flexibility index (Phi) is 16.5. The molecule has 0 unspecified atom stereocenters. The molecule has 0 amide bonds. The summed E-state index contributed by atoms with van der Waals surface area (Å²) < 4.78 is 15.1. The van der Waals surface area contributed by atoms with Crippen molar-refractivity contribution in [2.45, 2.75) is 58.3 Å². The van der Waals surface area contributed by atoms with Crippen LogP contribution in [-0.4, -0.2) is 21.3 Å². The van der Waals surface area contributed by atoms with Crippen LogP contribution in [0.2, 0.25) is 0 Å². The van der Waals surface area contributed by atoms with Gasteiger partial charge in [-0.1, -0.05) is 88.3 Å². The van der Waals surface area contributed by atoms with E-state index in [0.717, 1.165) is 12.8 Å². The van der Waals surface area contributed by atoms with E-state index in [1.54, 1.807) is 24.3 Å². The van der Waals surface area contributed by atoms with Crippen molar-refractivity contribution in [3.8, 4) is 11.5 Å². The molecule has 8 heteroatoms. The Morgan fingerprint density at radius 1 is 0.633 bits per heavy atom. The third-order valence-corrected chi connectivity index (χ3v) is 5.21. The van der Waals surface area contributed by atoms with E-state index in [4.69, 9.17) is 18.8 Å². The van der Waals surface area contributed by atoms with Gasteiger partial charge in [0.05, 0.1) is 6.61 Å².